The molecule has 0 aliphatic heterocycles. The van der Waals surface area contributed by atoms with Crippen molar-refractivity contribution >= 4 is 22.1 Å². The van der Waals surface area contributed by atoms with Gasteiger partial charge in [0.05, 0.1) is 22.1 Å². The van der Waals surface area contributed by atoms with Crippen LogP contribution in [0.25, 0.3) is 22.1 Å². The maximum Gasteiger partial charge on any atom is 0.323 e. The predicted molar refractivity (Wildman–Crippen MR) is 57.7 cm³/mol. The van der Waals surface area contributed by atoms with Crippen molar-refractivity contribution in [2.45, 2.75) is 0 Å². The molecular formula is C9H6N4O3. The Bertz CT molecular complexity index is 794. The van der Waals surface area contributed by atoms with Crippen LogP contribution in [0.1, 0.15) is 0 Å². The molecule has 2 heterocycles. The van der Waals surface area contributed by atoms with E-state index in [1.807, 2.05) is 0 Å². The molecule has 3 rings (SSSR count). The molecule has 7 heteroatoms. The summed E-state index contributed by atoms with van der Waals surface area (Å²) in [6, 6.07) is 3.17. The number of rotatable bonds is 0. The van der Waals surface area contributed by atoms with Gasteiger partial charge in [-0.2, -0.15) is 0 Å². The van der Waals surface area contributed by atoms with Gasteiger partial charge in [0.2, 0.25) is 0 Å². The minimum absolute atomic E-state index is 0.338. The number of fused-ring (bicyclic) bond motifs is 2. The quantitative estimate of drug-likeness (QED) is 0.377. The van der Waals surface area contributed by atoms with Gasteiger partial charge in [-0.15, -0.1) is 0 Å². The smallest absolute Gasteiger partial charge is 0.316 e. The molecule has 80 valence electrons. The van der Waals surface area contributed by atoms with E-state index in [0.29, 0.717) is 22.1 Å². The standard InChI is InChI=1S/C9H6N4O3/c14-7-8(15)11-4-2-6-5(1-3(4)10-7)12-9(16)13-6/h1-2H,(H,10,14)(H,11,15)(H2,12,13,16). The largest absolute Gasteiger partial charge is 0.323 e. The van der Waals surface area contributed by atoms with E-state index >= 15 is 0 Å². The van der Waals surface area contributed by atoms with Gasteiger partial charge in [-0.05, 0) is 12.1 Å². The number of benzene rings is 1. The molecule has 7 nitrogen and oxygen atoms in total. The molecule has 0 unspecified atom stereocenters. The summed E-state index contributed by atoms with van der Waals surface area (Å²) >= 11 is 0. The summed E-state index contributed by atoms with van der Waals surface area (Å²) in [6.07, 6.45) is 0. The van der Waals surface area contributed by atoms with Gasteiger partial charge in [-0.1, -0.05) is 0 Å². The fourth-order valence-electron chi connectivity index (χ4n) is 1.65. The molecule has 0 atom stereocenters. The maximum absolute atomic E-state index is 11.1. The molecule has 3 aromatic rings. The second kappa shape index (κ2) is 2.72. The number of aromatic nitrogens is 4. The summed E-state index contributed by atoms with van der Waals surface area (Å²) in [7, 11) is 0. The van der Waals surface area contributed by atoms with E-state index < -0.39 is 11.1 Å². The average Bonchev–Trinajstić information content (AvgIpc) is 2.56. The van der Waals surface area contributed by atoms with E-state index in [2.05, 4.69) is 19.9 Å². The Labute approximate surface area is 86.1 Å². The third-order valence-corrected chi connectivity index (χ3v) is 2.36. The lowest BCUT2D eigenvalue weighted by Crippen LogP contribution is -2.28. The third-order valence-electron chi connectivity index (χ3n) is 2.36. The van der Waals surface area contributed by atoms with Crippen LogP contribution in [0.5, 0.6) is 0 Å². The molecule has 0 amide bonds. The predicted octanol–water partition coefficient (Wildman–Crippen LogP) is -0.614. The third kappa shape index (κ3) is 1.11. The highest BCUT2D eigenvalue weighted by atomic mass is 16.2. The van der Waals surface area contributed by atoms with Crippen LogP contribution in [0, 0.1) is 0 Å². The molecule has 0 spiro atoms. The summed E-state index contributed by atoms with van der Waals surface area (Å²) in [5, 5.41) is 0. The lowest BCUT2D eigenvalue weighted by molar-refractivity contribution is 1.15. The average molecular weight is 218 g/mol. The number of hydrogen-bond acceptors (Lipinski definition) is 3. The Morgan fingerprint density at radius 2 is 1.00 bits per heavy atom. The Balaban J connectivity index is 2.60. The minimum Gasteiger partial charge on any atom is -0.316 e. The number of imidazole rings is 1. The molecule has 16 heavy (non-hydrogen) atoms. The van der Waals surface area contributed by atoms with Crippen molar-refractivity contribution in [3.63, 3.8) is 0 Å². The molecular weight excluding hydrogens is 212 g/mol. The lowest BCUT2D eigenvalue weighted by Gasteiger charge is -1.96. The zero-order chi connectivity index (χ0) is 11.3. The first-order valence-corrected chi connectivity index (χ1v) is 4.52. The van der Waals surface area contributed by atoms with Gasteiger partial charge in [0.1, 0.15) is 0 Å². The van der Waals surface area contributed by atoms with Crippen LogP contribution in [0.2, 0.25) is 0 Å². The fraction of sp³-hybridized carbons (Fsp3) is 0. The normalized spacial score (nSPS) is 11.2. The van der Waals surface area contributed by atoms with Crippen molar-refractivity contribution in [2.24, 2.45) is 0 Å². The molecule has 0 bridgehead atoms. The molecule has 0 fully saturated rings. The van der Waals surface area contributed by atoms with E-state index in [4.69, 9.17) is 0 Å². The maximum atomic E-state index is 11.1. The second-order valence-corrected chi connectivity index (χ2v) is 3.43. The van der Waals surface area contributed by atoms with Gasteiger partial charge >= 0.3 is 16.8 Å². The monoisotopic (exact) mass is 218 g/mol. The lowest BCUT2D eigenvalue weighted by atomic mass is 10.2. The highest BCUT2D eigenvalue weighted by molar-refractivity contribution is 5.90. The SMILES string of the molecule is O=c1[nH]c2cc3[nH]c(=O)c(=O)[nH]c3cc2[nH]1. The zero-order valence-electron chi connectivity index (χ0n) is 7.88. The summed E-state index contributed by atoms with van der Waals surface area (Å²) in [4.78, 5) is 43.2. The number of hydrogen-bond donors (Lipinski definition) is 4. The number of nitrogens with one attached hydrogen (secondary N) is 4. The molecule has 0 aliphatic rings. The molecule has 1 aromatic carbocycles. The van der Waals surface area contributed by atoms with E-state index in [1.165, 1.54) is 0 Å². The fourth-order valence-corrected chi connectivity index (χ4v) is 1.65. The van der Waals surface area contributed by atoms with Crippen LogP contribution in [-0.4, -0.2) is 19.9 Å². The first kappa shape index (κ1) is 8.72. The van der Waals surface area contributed by atoms with Gasteiger partial charge in [-0.3, -0.25) is 9.59 Å². The highest BCUT2D eigenvalue weighted by Crippen LogP contribution is 2.13. The van der Waals surface area contributed by atoms with Gasteiger partial charge in [-0.25, -0.2) is 4.79 Å². The van der Waals surface area contributed by atoms with Crippen LogP contribution in [0.4, 0.5) is 0 Å². The van der Waals surface area contributed by atoms with Crippen molar-refractivity contribution in [3.05, 3.63) is 43.3 Å². The number of H-pyrrole nitrogens is 4. The summed E-state index contributed by atoms with van der Waals surface area (Å²) < 4.78 is 0. The van der Waals surface area contributed by atoms with E-state index in [9.17, 15) is 14.4 Å². The molecule has 0 aliphatic carbocycles. The highest BCUT2D eigenvalue weighted by Gasteiger charge is 2.03. The van der Waals surface area contributed by atoms with Gasteiger partial charge in [0.15, 0.2) is 0 Å². The molecule has 0 saturated carbocycles. The van der Waals surface area contributed by atoms with Crippen molar-refractivity contribution in [2.75, 3.05) is 0 Å². The molecule has 2 aromatic heterocycles. The second-order valence-electron chi connectivity index (χ2n) is 3.43. The zero-order valence-corrected chi connectivity index (χ0v) is 7.88. The Morgan fingerprint density at radius 3 is 1.44 bits per heavy atom. The summed E-state index contributed by atoms with van der Waals surface area (Å²) in [5.74, 6) is 0. The topological polar surface area (TPSA) is 114 Å². The van der Waals surface area contributed by atoms with Crippen LogP contribution in [0.3, 0.4) is 0 Å². The molecule has 0 saturated heterocycles. The first-order valence-electron chi connectivity index (χ1n) is 4.52. The molecule has 0 radical (unpaired) electrons. The van der Waals surface area contributed by atoms with E-state index in [-0.39, 0.29) is 5.69 Å². The van der Waals surface area contributed by atoms with E-state index in [1.54, 1.807) is 12.1 Å². The Hall–Kier alpha value is -2.57. The van der Waals surface area contributed by atoms with Crippen LogP contribution in [0.15, 0.2) is 26.5 Å². The minimum atomic E-state index is -0.718. The van der Waals surface area contributed by atoms with Crippen LogP contribution >= 0.6 is 0 Å². The van der Waals surface area contributed by atoms with Gasteiger partial charge < -0.3 is 19.9 Å². The molecule has 4 N–H and O–H groups in total. The summed E-state index contributed by atoms with van der Waals surface area (Å²) in [6.45, 7) is 0. The van der Waals surface area contributed by atoms with Crippen molar-refractivity contribution < 1.29 is 0 Å². The van der Waals surface area contributed by atoms with Crippen LogP contribution < -0.4 is 16.8 Å². The van der Waals surface area contributed by atoms with Crippen LogP contribution in [-0.2, 0) is 0 Å². The van der Waals surface area contributed by atoms with Crippen molar-refractivity contribution in [1.82, 2.24) is 19.9 Å². The van der Waals surface area contributed by atoms with Crippen molar-refractivity contribution in [3.8, 4) is 0 Å². The Kier molecular flexibility index (Phi) is 1.48. The number of aromatic amines is 4. The van der Waals surface area contributed by atoms with Gasteiger partial charge in [0, 0.05) is 0 Å². The summed E-state index contributed by atoms with van der Waals surface area (Å²) in [5.41, 5.74) is 0.296. The van der Waals surface area contributed by atoms with Gasteiger partial charge in [0.25, 0.3) is 0 Å². The first-order chi connectivity index (χ1) is 7.63. The van der Waals surface area contributed by atoms with E-state index in [0.717, 1.165) is 0 Å². The van der Waals surface area contributed by atoms with Crippen molar-refractivity contribution in [1.29, 1.82) is 0 Å². The Morgan fingerprint density at radius 1 is 0.625 bits per heavy atom.